The van der Waals surface area contributed by atoms with Gasteiger partial charge < -0.3 is 10.1 Å². The molecule has 12 heteroatoms. The number of carbonyl (C=O) groups excluding carboxylic acids is 1. The van der Waals surface area contributed by atoms with Crippen molar-refractivity contribution in [1.82, 2.24) is 19.4 Å². The predicted molar refractivity (Wildman–Crippen MR) is 121 cm³/mol. The molecule has 1 amide bonds. The molecular weight excluding hydrogens is 470 g/mol. The lowest BCUT2D eigenvalue weighted by atomic mass is 10.0. The maximum Gasteiger partial charge on any atom is 0.387 e. The van der Waals surface area contributed by atoms with Crippen LogP contribution in [0.25, 0.3) is 16.9 Å². The van der Waals surface area contributed by atoms with Gasteiger partial charge in [-0.15, -0.1) is 0 Å². The van der Waals surface area contributed by atoms with Gasteiger partial charge in [0.05, 0.1) is 33.8 Å². The number of carbonyl (C=O) groups is 1. The van der Waals surface area contributed by atoms with E-state index in [0.717, 1.165) is 0 Å². The highest BCUT2D eigenvalue weighted by Gasteiger charge is 2.39. The van der Waals surface area contributed by atoms with Crippen molar-refractivity contribution in [2.45, 2.75) is 45.4 Å². The number of ether oxygens (including phenoxy) is 1. The molecular formula is C22H24F2N4O5S. The van der Waals surface area contributed by atoms with E-state index in [1.165, 1.54) is 39.6 Å². The van der Waals surface area contributed by atoms with Crippen molar-refractivity contribution in [1.29, 1.82) is 0 Å². The molecule has 1 aromatic carbocycles. The SMILES string of the molecule is CC(C)n1c(=O)n(-c2cccc(OC(F)F)c2)c2ncc(C(=O)N[C@@]3(C)CCS(=O)(=O)C3)cc21. The summed E-state index contributed by atoms with van der Waals surface area (Å²) in [5, 5.41) is 2.78. The predicted octanol–water partition coefficient (Wildman–Crippen LogP) is 2.68. The van der Waals surface area contributed by atoms with Crippen LogP contribution in [-0.4, -0.2) is 52.1 Å². The van der Waals surface area contributed by atoms with Crippen LogP contribution in [0.15, 0.2) is 41.3 Å². The van der Waals surface area contributed by atoms with Crippen LogP contribution < -0.4 is 15.7 Å². The number of aromatic nitrogens is 3. The third kappa shape index (κ3) is 4.54. The number of amides is 1. The largest absolute Gasteiger partial charge is 0.435 e. The fourth-order valence-corrected chi connectivity index (χ4v) is 6.30. The van der Waals surface area contributed by atoms with Gasteiger partial charge in [0, 0.05) is 18.3 Å². The first-order valence-electron chi connectivity index (χ1n) is 10.6. The van der Waals surface area contributed by atoms with Gasteiger partial charge in [-0.3, -0.25) is 9.36 Å². The van der Waals surface area contributed by atoms with E-state index in [2.05, 4.69) is 15.0 Å². The average Bonchev–Trinajstić information content (AvgIpc) is 3.18. The monoisotopic (exact) mass is 494 g/mol. The summed E-state index contributed by atoms with van der Waals surface area (Å²) in [5.41, 5.74) is -0.297. The van der Waals surface area contributed by atoms with Crippen molar-refractivity contribution >= 4 is 26.9 Å². The van der Waals surface area contributed by atoms with E-state index in [-0.39, 0.29) is 40.2 Å². The van der Waals surface area contributed by atoms with Gasteiger partial charge in [-0.1, -0.05) is 6.07 Å². The average molecular weight is 495 g/mol. The van der Waals surface area contributed by atoms with Gasteiger partial charge in [-0.05, 0) is 45.4 Å². The maximum absolute atomic E-state index is 13.3. The Hall–Kier alpha value is -3.28. The van der Waals surface area contributed by atoms with E-state index in [1.807, 2.05) is 0 Å². The second-order valence-corrected chi connectivity index (χ2v) is 11.1. The van der Waals surface area contributed by atoms with Crippen molar-refractivity contribution in [3.05, 3.63) is 52.6 Å². The Kier molecular flexibility index (Phi) is 5.96. The van der Waals surface area contributed by atoms with Crippen LogP contribution in [0.2, 0.25) is 0 Å². The molecule has 9 nitrogen and oxygen atoms in total. The van der Waals surface area contributed by atoms with Crippen LogP contribution >= 0.6 is 0 Å². The summed E-state index contributed by atoms with van der Waals surface area (Å²) in [6, 6.07) is 6.92. The number of pyridine rings is 1. The minimum Gasteiger partial charge on any atom is -0.435 e. The number of benzene rings is 1. The molecule has 2 aromatic heterocycles. The number of nitrogens with one attached hydrogen (secondary N) is 1. The molecule has 4 rings (SSSR count). The molecule has 0 saturated carbocycles. The standard InChI is InChI=1S/C22H24F2N4O5S/c1-13(2)27-17-9-14(19(29)26-22(3)7-8-34(31,32)12-22)11-25-18(17)28(21(27)30)15-5-4-6-16(10-15)33-20(23)24/h4-6,9-11,13,20H,7-8,12H2,1-3H3,(H,26,29)/t22-/m0/s1. The smallest absolute Gasteiger partial charge is 0.387 e. The van der Waals surface area contributed by atoms with Gasteiger partial charge >= 0.3 is 12.3 Å². The van der Waals surface area contributed by atoms with E-state index in [0.29, 0.717) is 11.9 Å². The Labute approximate surface area is 194 Å². The van der Waals surface area contributed by atoms with Crippen molar-refractivity contribution in [3.8, 4) is 11.4 Å². The summed E-state index contributed by atoms with van der Waals surface area (Å²) in [4.78, 5) is 30.5. The van der Waals surface area contributed by atoms with E-state index >= 15 is 0 Å². The second-order valence-electron chi connectivity index (χ2n) is 8.88. The summed E-state index contributed by atoms with van der Waals surface area (Å²) in [6.45, 7) is 2.24. The first kappa shape index (κ1) is 23.9. The lowest BCUT2D eigenvalue weighted by Crippen LogP contribution is -2.46. The molecule has 3 heterocycles. The number of hydrogen-bond donors (Lipinski definition) is 1. The van der Waals surface area contributed by atoms with Crippen LogP contribution in [0, 0.1) is 0 Å². The van der Waals surface area contributed by atoms with Crippen molar-refractivity contribution in [3.63, 3.8) is 0 Å². The van der Waals surface area contributed by atoms with Crippen molar-refractivity contribution < 1.29 is 26.7 Å². The summed E-state index contributed by atoms with van der Waals surface area (Å²) < 4.78 is 56.2. The lowest BCUT2D eigenvalue weighted by Gasteiger charge is -2.23. The Morgan fingerprint density at radius 2 is 2.00 bits per heavy atom. The van der Waals surface area contributed by atoms with Crippen LogP contribution in [-0.2, 0) is 9.84 Å². The Bertz CT molecular complexity index is 1430. The van der Waals surface area contributed by atoms with Gasteiger partial charge in [0.15, 0.2) is 15.5 Å². The van der Waals surface area contributed by atoms with Gasteiger partial charge in [0.1, 0.15) is 5.75 Å². The van der Waals surface area contributed by atoms with Crippen LogP contribution in [0.4, 0.5) is 8.78 Å². The molecule has 0 unspecified atom stereocenters. The Morgan fingerprint density at radius 3 is 2.62 bits per heavy atom. The summed E-state index contributed by atoms with van der Waals surface area (Å²) in [7, 11) is -3.21. The second kappa shape index (κ2) is 8.49. The van der Waals surface area contributed by atoms with Gasteiger partial charge in [-0.25, -0.2) is 22.8 Å². The molecule has 1 saturated heterocycles. The number of nitrogens with zero attached hydrogens (tertiary/aromatic N) is 3. The molecule has 0 bridgehead atoms. The molecule has 1 aliphatic rings. The number of rotatable bonds is 6. The van der Waals surface area contributed by atoms with Crippen molar-refractivity contribution in [2.75, 3.05) is 11.5 Å². The van der Waals surface area contributed by atoms with Gasteiger partial charge in [-0.2, -0.15) is 8.78 Å². The van der Waals surface area contributed by atoms with Crippen molar-refractivity contribution in [2.24, 2.45) is 0 Å². The maximum atomic E-state index is 13.3. The van der Waals surface area contributed by atoms with E-state index in [9.17, 15) is 26.8 Å². The lowest BCUT2D eigenvalue weighted by molar-refractivity contribution is -0.0498. The molecule has 0 radical (unpaired) electrons. The summed E-state index contributed by atoms with van der Waals surface area (Å²) in [5.74, 6) is -0.756. The molecule has 34 heavy (non-hydrogen) atoms. The molecule has 182 valence electrons. The highest BCUT2D eigenvalue weighted by molar-refractivity contribution is 7.91. The van der Waals surface area contributed by atoms with E-state index in [1.54, 1.807) is 26.8 Å². The third-order valence-electron chi connectivity index (χ3n) is 5.71. The van der Waals surface area contributed by atoms with Crippen LogP contribution in [0.5, 0.6) is 5.75 Å². The number of hydrogen-bond acceptors (Lipinski definition) is 6. The zero-order valence-corrected chi connectivity index (χ0v) is 19.6. The minimum atomic E-state index is -3.21. The molecule has 1 N–H and O–H groups in total. The van der Waals surface area contributed by atoms with Gasteiger partial charge in [0.25, 0.3) is 5.91 Å². The van der Waals surface area contributed by atoms with E-state index in [4.69, 9.17) is 0 Å². The minimum absolute atomic E-state index is 0.00510. The molecule has 1 atom stereocenters. The highest BCUT2D eigenvalue weighted by atomic mass is 32.2. The first-order valence-corrected chi connectivity index (χ1v) is 12.4. The Balaban J connectivity index is 1.77. The number of fused-ring (bicyclic) bond motifs is 1. The zero-order valence-electron chi connectivity index (χ0n) is 18.8. The summed E-state index contributed by atoms with van der Waals surface area (Å²) >= 11 is 0. The number of imidazole rings is 1. The molecule has 0 spiro atoms. The molecule has 1 aliphatic heterocycles. The fourth-order valence-electron chi connectivity index (χ4n) is 4.21. The number of halogens is 2. The van der Waals surface area contributed by atoms with E-state index < -0.39 is 33.6 Å². The molecule has 0 aliphatic carbocycles. The normalized spacial score (nSPS) is 19.7. The number of sulfone groups is 1. The highest BCUT2D eigenvalue weighted by Crippen LogP contribution is 2.25. The summed E-state index contributed by atoms with van der Waals surface area (Å²) in [6.07, 6.45) is 1.60. The van der Waals surface area contributed by atoms with Crippen LogP contribution in [0.3, 0.4) is 0 Å². The topological polar surface area (TPSA) is 112 Å². The number of alkyl halides is 2. The Morgan fingerprint density at radius 1 is 1.26 bits per heavy atom. The van der Waals surface area contributed by atoms with Crippen LogP contribution in [0.1, 0.15) is 43.6 Å². The first-order chi connectivity index (χ1) is 15.9. The quantitative estimate of drug-likeness (QED) is 0.564. The third-order valence-corrected chi connectivity index (χ3v) is 7.62. The molecule has 1 fully saturated rings. The van der Waals surface area contributed by atoms with Gasteiger partial charge in [0.2, 0.25) is 0 Å². The molecule has 3 aromatic rings. The zero-order chi connectivity index (χ0) is 24.8. The fraction of sp³-hybridized carbons (Fsp3) is 0.409.